The number of amides is 1. The van der Waals surface area contributed by atoms with E-state index in [0.717, 1.165) is 37.8 Å². The number of alkyl halides is 3. The number of benzene rings is 2. The van der Waals surface area contributed by atoms with E-state index in [9.17, 15) is 32.3 Å². The number of nitrogens with one attached hydrogen (secondary N) is 1. The van der Waals surface area contributed by atoms with Gasteiger partial charge < -0.3 is 25.9 Å². The Bertz CT molecular complexity index is 1960. The fourth-order valence-electron chi connectivity index (χ4n) is 5.05. The number of thiophene rings is 1. The summed E-state index contributed by atoms with van der Waals surface area (Å²) in [7, 11) is -4.69. The molecule has 0 radical (unpaired) electrons. The Morgan fingerprint density at radius 1 is 1.10 bits per heavy atom. The second-order valence-corrected chi connectivity index (χ2v) is 14.0. The molecule has 1 aliphatic heterocycles. The molecule has 19 heteroatoms. The summed E-state index contributed by atoms with van der Waals surface area (Å²) in [4.78, 5) is 47.1. The number of aryl methyl sites for hydroxylation is 3. The molecule has 0 unspecified atom stereocenters. The maximum Gasteiger partial charge on any atom is 0.490 e. The first kappa shape index (κ1) is 38.8. The summed E-state index contributed by atoms with van der Waals surface area (Å²) in [5.74, 6) is -1.82. The molecule has 5 rings (SSSR count). The van der Waals surface area contributed by atoms with Crippen molar-refractivity contribution in [3.63, 3.8) is 0 Å². The molecule has 0 aliphatic carbocycles. The van der Waals surface area contributed by atoms with Gasteiger partial charge in [-0.25, -0.2) is 9.36 Å². The lowest BCUT2D eigenvalue weighted by Crippen LogP contribution is -2.21. The van der Waals surface area contributed by atoms with E-state index in [1.54, 1.807) is 29.5 Å². The number of anilines is 1. The lowest BCUT2D eigenvalue weighted by molar-refractivity contribution is -0.192. The number of hydrogen-bond donors (Lipinski definition) is 5. The van der Waals surface area contributed by atoms with Crippen LogP contribution in [0.2, 0.25) is 5.02 Å². The third-order valence-corrected chi connectivity index (χ3v) is 9.42. The van der Waals surface area contributed by atoms with Gasteiger partial charge in [0.1, 0.15) is 16.9 Å². The molecule has 6 N–H and O–H groups in total. The number of nitrogens with two attached hydrogens (primary N) is 1. The number of rotatable bonds is 10. The first-order valence-corrected chi connectivity index (χ1v) is 17.6. The fourth-order valence-corrected chi connectivity index (χ4v) is 6.70. The smallest absolute Gasteiger partial charge is 0.475 e. The highest BCUT2D eigenvalue weighted by atomic mass is 35.5. The van der Waals surface area contributed by atoms with Crippen molar-refractivity contribution in [2.75, 3.05) is 11.9 Å². The number of phosphoric ester groups is 1. The second kappa shape index (κ2) is 15.9. The van der Waals surface area contributed by atoms with Crippen molar-refractivity contribution < 1.29 is 46.7 Å². The van der Waals surface area contributed by atoms with Crippen LogP contribution in [-0.4, -0.2) is 60.0 Å². The van der Waals surface area contributed by atoms with E-state index in [4.69, 9.17) is 36.8 Å². The van der Waals surface area contributed by atoms with E-state index < -0.39 is 26.0 Å². The van der Waals surface area contributed by atoms with Crippen molar-refractivity contribution in [3.8, 4) is 5.00 Å². The Morgan fingerprint density at radius 2 is 1.76 bits per heavy atom. The minimum absolute atomic E-state index is 0.0224. The number of hydrogen-bond acceptors (Lipinski definition) is 9. The summed E-state index contributed by atoms with van der Waals surface area (Å²) in [6, 6.07) is 12.0. The molecule has 3 heterocycles. The zero-order valence-electron chi connectivity index (χ0n) is 26.9. The number of nitrogens with zero attached hydrogens (tertiary/aromatic N) is 4. The predicted octanol–water partition coefficient (Wildman–Crippen LogP) is 5.96. The van der Waals surface area contributed by atoms with Gasteiger partial charge in [-0.1, -0.05) is 29.8 Å². The summed E-state index contributed by atoms with van der Waals surface area (Å²) in [6.45, 7) is 6.16. The Balaban J connectivity index is 0.000000727. The molecule has 0 spiro atoms. The van der Waals surface area contributed by atoms with Crippen LogP contribution in [0, 0.1) is 20.8 Å². The molecule has 50 heavy (non-hydrogen) atoms. The van der Waals surface area contributed by atoms with E-state index in [2.05, 4.69) is 29.4 Å². The molecule has 13 nitrogen and oxygen atoms in total. The monoisotopic (exact) mass is 756 g/mol. The van der Waals surface area contributed by atoms with Crippen LogP contribution in [0.5, 0.6) is 0 Å². The molecule has 4 aromatic rings. The highest BCUT2D eigenvalue weighted by Crippen LogP contribution is 2.40. The first-order chi connectivity index (χ1) is 23.4. The molecular weight excluding hydrogens is 724 g/mol. The minimum Gasteiger partial charge on any atom is -0.475 e. The molecule has 0 bridgehead atoms. The van der Waals surface area contributed by atoms with Crippen molar-refractivity contribution in [2.24, 2.45) is 10.7 Å². The number of carbonyl (C=O) groups excluding carboxylic acids is 1. The van der Waals surface area contributed by atoms with Crippen LogP contribution in [0.15, 0.2) is 47.5 Å². The summed E-state index contributed by atoms with van der Waals surface area (Å²) in [6.07, 6.45) is -3.81. The number of fused-ring (bicyclic) bond motifs is 3. The zero-order valence-corrected chi connectivity index (χ0v) is 29.3. The van der Waals surface area contributed by atoms with Crippen molar-refractivity contribution in [3.05, 3.63) is 91.8 Å². The number of carbonyl (C=O) groups is 2. The lowest BCUT2D eigenvalue weighted by Gasteiger charge is -2.15. The van der Waals surface area contributed by atoms with Crippen LogP contribution < -0.4 is 11.1 Å². The van der Waals surface area contributed by atoms with Crippen molar-refractivity contribution in [1.82, 2.24) is 14.8 Å². The highest BCUT2D eigenvalue weighted by Gasteiger charge is 2.38. The van der Waals surface area contributed by atoms with Crippen LogP contribution in [0.25, 0.3) is 5.00 Å². The van der Waals surface area contributed by atoms with Gasteiger partial charge in [-0.15, -0.1) is 21.5 Å². The van der Waals surface area contributed by atoms with E-state index >= 15 is 0 Å². The maximum absolute atomic E-state index is 13.5. The maximum atomic E-state index is 13.5. The lowest BCUT2D eigenvalue weighted by atomic mass is 9.99. The zero-order chi connectivity index (χ0) is 37.0. The number of phosphoric acid groups is 1. The van der Waals surface area contributed by atoms with Crippen LogP contribution in [0.3, 0.4) is 0 Å². The van der Waals surface area contributed by atoms with Gasteiger partial charge in [-0.3, -0.25) is 18.9 Å². The van der Waals surface area contributed by atoms with Gasteiger partial charge in [0.15, 0.2) is 5.82 Å². The van der Waals surface area contributed by atoms with Crippen molar-refractivity contribution in [2.45, 2.75) is 58.9 Å². The topological polar surface area (TPSA) is 202 Å². The number of halogens is 4. The largest absolute Gasteiger partial charge is 0.490 e. The van der Waals surface area contributed by atoms with Crippen LogP contribution in [0.4, 0.5) is 18.9 Å². The van der Waals surface area contributed by atoms with Gasteiger partial charge in [0, 0.05) is 26.7 Å². The van der Waals surface area contributed by atoms with Crippen LogP contribution in [-0.2, 0) is 31.7 Å². The minimum atomic E-state index is -5.08. The molecular formula is C31H33ClF3N6O7PS. The van der Waals surface area contributed by atoms with Gasteiger partial charge >= 0.3 is 20.0 Å². The van der Waals surface area contributed by atoms with E-state index in [1.807, 2.05) is 35.8 Å². The van der Waals surface area contributed by atoms with Crippen LogP contribution in [0.1, 0.15) is 63.2 Å². The van der Waals surface area contributed by atoms with E-state index in [1.165, 1.54) is 0 Å². The molecule has 2 aromatic carbocycles. The average Bonchev–Trinajstić information content (AvgIpc) is 3.51. The highest BCUT2D eigenvalue weighted by molar-refractivity contribution is 7.46. The van der Waals surface area contributed by atoms with Crippen molar-refractivity contribution >= 4 is 54.0 Å². The molecule has 1 amide bonds. The van der Waals surface area contributed by atoms with E-state index in [-0.39, 0.29) is 18.9 Å². The normalized spacial score (nSPS) is 14.1. The Morgan fingerprint density at radius 3 is 2.36 bits per heavy atom. The quantitative estimate of drug-likeness (QED) is 0.120. The second-order valence-electron chi connectivity index (χ2n) is 11.1. The average molecular weight is 757 g/mol. The van der Waals surface area contributed by atoms with Gasteiger partial charge in [-0.05, 0) is 81.1 Å². The van der Waals surface area contributed by atoms with Crippen LogP contribution >= 0.6 is 30.8 Å². The summed E-state index contributed by atoms with van der Waals surface area (Å²) < 4.78 is 49.8. The molecule has 0 fully saturated rings. The molecule has 1 atom stereocenters. The SMILES string of the molecule is Cc1sc2c(c1C)C(c1ccc(Cl)cc1)=N[C@@H](CC(=O)Nc1ccc(CCCN)c(COP(=O)(O)O)c1)c1nnc(C)n1-2.O=C(O)C(F)(F)F. The summed E-state index contributed by atoms with van der Waals surface area (Å²) >= 11 is 7.82. The number of carboxylic acid groups (broad SMARTS) is 1. The third-order valence-electron chi connectivity index (χ3n) is 7.51. The summed E-state index contributed by atoms with van der Waals surface area (Å²) in [5.41, 5.74) is 11.2. The molecule has 0 saturated heterocycles. The van der Waals surface area contributed by atoms with Gasteiger partial charge in [0.05, 0.1) is 18.7 Å². The predicted molar refractivity (Wildman–Crippen MR) is 181 cm³/mol. The molecule has 1 aliphatic rings. The van der Waals surface area contributed by atoms with E-state index in [0.29, 0.717) is 47.3 Å². The van der Waals surface area contributed by atoms with Gasteiger partial charge in [0.25, 0.3) is 0 Å². The molecule has 0 saturated carbocycles. The number of carboxylic acids is 1. The van der Waals surface area contributed by atoms with Crippen molar-refractivity contribution in [1.29, 1.82) is 0 Å². The number of aliphatic carboxylic acids is 1. The molecule has 268 valence electrons. The fraction of sp³-hybridized carbons (Fsp3) is 0.323. The molecule has 2 aromatic heterocycles. The number of aromatic nitrogens is 3. The number of aliphatic imine (C=N–C) groups is 1. The third kappa shape index (κ3) is 9.63. The summed E-state index contributed by atoms with van der Waals surface area (Å²) in [5, 5.41) is 20.4. The Hall–Kier alpha value is -3.96. The first-order valence-electron chi connectivity index (χ1n) is 14.9. The Kier molecular flexibility index (Phi) is 12.4. The van der Waals surface area contributed by atoms with Gasteiger partial charge in [-0.2, -0.15) is 13.2 Å². The standard InChI is InChI=1S/C29H32ClN6O5PS.C2HF3O2/c1-16-17(2)43-29-26(16)27(20-6-9-22(30)10-7-20)33-24(28-35-34-18(3)36(28)29)14-25(37)32-23-11-8-19(5-4-12-31)21(13-23)15-41-42(38,39)40;3-2(4,5)1(6)7/h6-11,13,24H,4-5,12,14-15,31H2,1-3H3,(H,32,37)(H2,38,39,40);(H,6,7)/t24-;/m0./s1. The van der Waals surface area contributed by atoms with Gasteiger partial charge in [0.2, 0.25) is 5.91 Å². The Labute approximate surface area is 293 Å².